The Morgan fingerprint density at radius 2 is 0.951 bits per heavy atom. The number of aliphatic hydroxyl groups is 2. The molecule has 2 saturated heterocycles. The van der Waals surface area contributed by atoms with E-state index in [1.807, 2.05) is 111 Å². The summed E-state index contributed by atoms with van der Waals surface area (Å²) in [5.41, 5.74) is 7.55. The lowest BCUT2D eigenvalue weighted by Gasteiger charge is -2.41. The molecule has 436 valence electrons. The number of likely N-dealkylation sites (N-methyl/N-ethyl adjacent to an activating group) is 2. The average Bonchev–Trinajstić information content (AvgIpc) is 3.48. The van der Waals surface area contributed by atoms with Crippen molar-refractivity contribution in [3.8, 4) is 22.5 Å². The van der Waals surface area contributed by atoms with E-state index in [1.54, 1.807) is 12.4 Å². The lowest BCUT2D eigenvalue weighted by atomic mass is 10.1. The van der Waals surface area contributed by atoms with Crippen LogP contribution in [0.3, 0.4) is 0 Å². The van der Waals surface area contributed by atoms with Crippen molar-refractivity contribution in [2.45, 2.75) is 38.0 Å². The SMILES string of the molecule is CN1CCCN(C)c2ccc(cn2)-c2ccnc(n2)Nc2cccc(c2)CN2CCN(CC1=O)CC2COCCO.CN1CCCN(C)c2ccc(cn2)-c2ccnc(n2)Nc2cccc(c2)CN2CCN(CC1=O)CC2COCCO. The third-order valence-electron chi connectivity index (χ3n) is 15.3. The first-order valence-electron chi connectivity index (χ1n) is 28.5. The number of pyridine rings is 2. The second-order valence-corrected chi connectivity index (χ2v) is 21.5. The molecule has 0 aliphatic carbocycles. The van der Waals surface area contributed by atoms with Gasteiger partial charge < -0.3 is 49.9 Å². The van der Waals surface area contributed by atoms with E-state index in [9.17, 15) is 19.8 Å². The fourth-order valence-corrected chi connectivity index (χ4v) is 10.6. The van der Waals surface area contributed by atoms with Gasteiger partial charge in [-0.25, -0.2) is 29.9 Å². The molecular formula is C60H80N16O6. The van der Waals surface area contributed by atoms with Crippen molar-refractivity contribution in [1.82, 2.24) is 59.3 Å². The molecule has 4 N–H and O–H groups in total. The first-order valence-corrected chi connectivity index (χ1v) is 28.5. The predicted molar refractivity (Wildman–Crippen MR) is 318 cm³/mol. The normalized spacial score (nSPS) is 22.0. The van der Waals surface area contributed by atoms with Gasteiger partial charge in [0.25, 0.3) is 0 Å². The zero-order valence-electron chi connectivity index (χ0n) is 47.9. The number of hydrogen-bond acceptors (Lipinski definition) is 20. The van der Waals surface area contributed by atoms with E-state index in [0.29, 0.717) is 64.5 Å². The van der Waals surface area contributed by atoms with Gasteiger partial charge in [0, 0.05) is 166 Å². The zero-order valence-corrected chi connectivity index (χ0v) is 47.9. The van der Waals surface area contributed by atoms with Crippen molar-refractivity contribution < 1.29 is 29.3 Å². The molecule has 22 heteroatoms. The highest BCUT2D eigenvalue weighted by molar-refractivity contribution is 5.78. The van der Waals surface area contributed by atoms with Crippen LogP contribution in [-0.4, -0.2) is 240 Å². The Balaban J connectivity index is 0.000000198. The number of nitrogens with one attached hydrogen (secondary N) is 2. The number of aromatic nitrogens is 6. The van der Waals surface area contributed by atoms with Crippen molar-refractivity contribution in [2.24, 2.45) is 0 Å². The molecular weight excluding hydrogens is 1040 g/mol. The highest BCUT2D eigenvalue weighted by atomic mass is 16.5. The summed E-state index contributed by atoms with van der Waals surface area (Å²) in [7, 11) is 7.80. The number of hydrogen-bond donors (Lipinski definition) is 4. The van der Waals surface area contributed by atoms with Crippen LogP contribution in [0.4, 0.5) is 34.9 Å². The van der Waals surface area contributed by atoms with Crippen molar-refractivity contribution in [3.63, 3.8) is 0 Å². The largest absolute Gasteiger partial charge is 0.394 e. The van der Waals surface area contributed by atoms with Crippen LogP contribution in [0.25, 0.3) is 22.5 Å². The predicted octanol–water partition coefficient (Wildman–Crippen LogP) is 4.15. The summed E-state index contributed by atoms with van der Waals surface area (Å²) in [5, 5.41) is 25.2. The summed E-state index contributed by atoms with van der Waals surface area (Å²) < 4.78 is 11.5. The van der Waals surface area contributed by atoms with Gasteiger partial charge in [-0.2, -0.15) is 0 Å². The third kappa shape index (κ3) is 16.9. The van der Waals surface area contributed by atoms with Crippen LogP contribution < -0.4 is 20.4 Å². The second-order valence-electron chi connectivity index (χ2n) is 21.5. The van der Waals surface area contributed by atoms with Crippen molar-refractivity contribution in [2.75, 3.05) is 167 Å². The van der Waals surface area contributed by atoms with E-state index in [-0.39, 0.29) is 37.1 Å². The molecule has 0 saturated carbocycles. The maximum absolute atomic E-state index is 13.1. The fraction of sp³-hybridized carbons (Fsp3) is 0.467. The molecule has 14 heterocycles. The van der Waals surface area contributed by atoms with Crippen molar-refractivity contribution >= 4 is 46.7 Å². The first-order chi connectivity index (χ1) is 40.0. The van der Waals surface area contributed by atoms with Crippen LogP contribution in [-0.2, 0) is 32.2 Å². The Bertz CT molecular complexity index is 2780. The minimum atomic E-state index is -0.00736. The van der Waals surface area contributed by atoms with Gasteiger partial charge in [0.2, 0.25) is 23.7 Å². The summed E-state index contributed by atoms with van der Waals surface area (Å²) in [6.45, 7) is 11.5. The summed E-state index contributed by atoms with van der Waals surface area (Å²) in [6.07, 6.45) is 8.86. The number of carbonyl (C=O) groups is 2. The van der Waals surface area contributed by atoms with Crippen LogP contribution in [0, 0.1) is 0 Å². The average molecular weight is 1120 g/mol. The standard InChI is InChI=1S/2C30H40N8O3/c2*1-35-11-4-12-36(2)29(40)21-37-13-14-38(26(20-37)22-41-16-15-39)19-23-5-3-6-25(17-23)33-30-31-10-9-27(34-30)24-7-8-28(35)32-18-24/h2*3,5-10,17-18,26,39H,4,11-16,19-22H2,1-2H3,(H,31,33,34). The number of aliphatic hydroxyl groups excluding tert-OH is 2. The number of piperazine rings is 2. The van der Waals surface area contributed by atoms with E-state index in [4.69, 9.17) is 19.4 Å². The smallest absolute Gasteiger partial charge is 0.236 e. The molecule has 0 radical (unpaired) electrons. The molecule has 6 unspecified atom stereocenters. The number of rotatable bonds is 8. The van der Waals surface area contributed by atoms with Gasteiger partial charge in [-0.1, -0.05) is 24.3 Å². The van der Waals surface area contributed by atoms with Gasteiger partial charge in [0.05, 0.1) is 64.1 Å². The number of nitrogens with zero attached hydrogens (tertiary/aromatic N) is 14. The van der Waals surface area contributed by atoms with E-state index in [2.05, 4.69) is 84.2 Å². The molecule has 22 nitrogen and oxygen atoms in total. The van der Waals surface area contributed by atoms with Gasteiger partial charge >= 0.3 is 0 Å². The topological polar surface area (TPSA) is 220 Å². The number of anilines is 6. The number of carbonyl (C=O) groups excluding carboxylic acids is 2. The summed E-state index contributed by atoms with van der Waals surface area (Å²) in [5.74, 6) is 3.04. The zero-order chi connectivity index (χ0) is 57.2. The minimum Gasteiger partial charge on any atom is -0.394 e. The maximum atomic E-state index is 13.1. The fourth-order valence-electron chi connectivity index (χ4n) is 10.6. The Morgan fingerprint density at radius 1 is 0.512 bits per heavy atom. The Morgan fingerprint density at radius 3 is 1.37 bits per heavy atom. The molecule has 2 amide bonds. The summed E-state index contributed by atoms with van der Waals surface area (Å²) in [6, 6.07) is 28.6. The quantitative estimate of drug-likeness (QED) is 0.157. The molecule has 10 aliphatic heterocycles. The number of benzene rings is 2. The van der Waals surface area contributed by atoms with E-state index in [1.165, 1.54) is 0 Å². The second kappa shape index (κ2) is 29.6. The van der Waals surface area contributed by atoms with Crippen LogP contribution in [0.2, 0.25) is 0 Å². The summed E-state index contributed by atoms with van der Waals surface area (Å²) >= 11 is 0. The Kier molecular flexibility index (Phi) is 21.4. The van der Waals surface area contributed by atoms with Gasteiger partial charge in [-0.05, 0) is 84.6 Å². The molecule has 16 rings (SSSR count). The maximum Gasteiger partial charge on any atom is 0.236 e. The molecule has 6 atom stereocenters. The monoisotopic (exact) mass is 1120 g/mol. The number of amides is 2. The Labute approximate surface area is 481 Å². The molecule has 2 fully saturated rings. The van der Waals surface area contributed by atoms with Gasteiger partial charge in [0.15, 0.2) is 0 Å². The molecule has 10 aliphatic rings. The van der Waals surface area contributed by atoms with E-state index >= 15 is 0 Å². The van der Waals surface area contributed by atoms with Gasteiger partial charge in [-0.15, -0.1) is 0 Å². The number of ether oxygens (including phenoxy) is 2. The minimum absolute atomic E-state index is 0.00736. The van der Waals surface area contributed by atoms with Gasteiger partial charge in [0.1, 0.15) is 11.6 Å². The van der Waals surface area contributed by atoms with Crippen LogP contribution >= 0.6 is 0 Å². The van der Waals surface area contributed by atoms with Gasteiger partial charge in [-0.3, -0.25) is 29.2 Å². The molecule has 16 bridgehead atoms. The lowest BCUT2D eigenvalue weighted by molar-refractivity contribution is -0.133. The van der Waals surface area contributed by atoms with E-state index in [0.717, 1.165) is 135 Å². The van der Waals surface area contributed by atoms with Crippen LogP contribution in [0.5, 0.6) is 0 Å². The van der Waals surface area contributed by atoms with Crippen LogP contribution in [0.15, 0.2) is 110 Å². The van der Waals surface area contributed by atoms with Crippen LogP contribution in [0.1, 0.15) is 24.0 Å². The highest BCUT2D eigenvalue weighted by Gasteiger charge is 2.31. The van der Waals surface area contributed by atoms with E-state index < -0.39 is 0 Å². The molecule has 6 aromatic rings. The molecule has 82 heavy (non-hydrogen) atoms. The Hall–Kier alpha value is -7.28. The summed E-state index contributed by atoms with van der Waals surface area (Å²) in [4.78, 5) is 70.9. The lowest BCUT2D eigenvalue weighted by Crippen LogP contribution is -2.56. The van der Waals surface area contributed by atoms with Crippen molar-refractivity contribution in [3.05, 3.63) is 121 Å². The molecule has 4 aromatic heterocycles. The molecule has 0 spiro atoms. The first kappa shape index (κ1) is 59.3. The van der Waals surface area contributed by atoms with Crippen molar-refractivity contribution in [1.29, 1.82) is 0 Å². The highest BCUT2D eigenvalue weighted by Crippen LogP contribution is 2.26. The molecule has 2 aromatic carbocycles. The third-order valence-corrected chi connectivity index (χ3v) is 15.3.